The van der Waals surface area contributed by atoms with E-state index in [2.05, 4.69) is 15.5 Å². The summed E-state index contributed by atoms with van der Waals surface area (Å²) < 4.78 is 3.39. The highest BCUT2D eigenvalue weighted by molar-refractivity contribution is 5.99. The van der Waals surface area contributed by atoms with Gasteiger partial charge in [-0.25, -0.2) is 10.4 Å². The van der Waals surface area contributed by atoms with Crippen molar-refractivity contribution in [1.29, 1.82) is 0 Å². The molecule has 1 amide bonds. The van der Waals surface area contributed by atoms with Crippen LogP contribution in [0.3, 0.4) is 0 Å². The van der Waals surface area contributed by atoms with Gasteiger partial charge in [-0.1, -0.05) is 42.5 Å². The van der Waals surface area contributed by atoms with Crippen LogP contribution in [-0.4, -0.2) is 26.5 Å². The third kappa shape index (κ3) is 3.67. The van der Waals surface area contributed by atoms with Crippen LogP contribution in [0, 0.1) is 20.8 Å². The summed E-state index contributed by atoms with van der Waals surface area (Å²) in [4.78, 5) is 30.4. The van der Waals surface area contributed by atoms with Crippen molar-refractivity contribution in [2.24, 2.45) is 5.10 Å². The van der Waals surface area contributed by atoms with Crippen LogP contribution in [0.1, 0.15) is 33.1 Å². The maximum Gasteiger partial charge on any atom is 0.280 e. The van der Waals surface area contributed by atoms with Gasteiger partial charge in [0.05, 0.1) is 17.1 Å². The molecule has 0 aliphatic carbocycles. The smallest absolute Gasteiger partial charge is 0.267 e. The summed E-state index contributed by atoms with van der Waals surface area (Å²) in [6.45, 7) is 5.63. The average Bonchev–Trinajstić information content (AvgIpc) is 3.11. The Kier molecular flexibility index (Phi) is 5.30. The molecule has 7 heteroatoms. The minimum absolute atomic E-state index is 0.141. The predicted octanol–water partition coefficient (Wildman–Crippen LogP) is 4.35. The molecule has 2 aromatic heterocycles. The number of aromatic nitrogens is 3. The fourth-order valence-corrected chi connectivity index (χ4v) is 4.24. The molecule has 7 nitrogen and oxygen atoms in total. The van der Waals surface area contributed by atoms with Gasteiger partial charge in [0.1, 0.15) is 5.82 Å². The number of amides is 1. The highest BCUT2D eigenvalue weighted by Crippen LogP contribution is 2.17. The molecule has 0 atom stereocenters. The van der Waals surface area contributed by atoms with Gasteiger partial charge >= 0.3 is 0 Å². The molecule has 1 N–H and O–H groups in total. The van der Waals surface area contributed by atoms with E-state index in [1.54, 1.807) is 23.0 Å². The predicted molar refractivity (Wildman–Crippen MR) is 134 cm³/mol. The lowest BCUT2D eigenvalue weighted by atomic mass is 10.1. The number of benzene rings is 3. The maximum atomic E-state index is 13.2. The Bertz CT molecular complexity index is 1660. The molecule has 0 radical (unpaired) electrons. The summed E-state index contributed by atoms with van der Waals surface area (Å²) >= 11 is 0. The summed E-state index contributed by atoms with van der Waals surface area (Å²) in [7, 11) is 0. The van der Waals surface area contributed by atoms with Crippen LogP contribution >= 0.6 is 0 Å². The van der Waals surface area contributed by atoms with E-state index in [-0.39, 0.29) is 11.5 Å². The fraction of sp³-hybridized carbons (Fsp3) is 0.111. The maximum absolute atomic E-state index is 13.2. The van der Waals surface area contributed by atoms with E-state index < -0.39 is 0 Å². The molecule has 0 spiro atoms. The van der Waals surface area contributed by atoms with Crippen LogP contribution in [0.25, 0.3) is 21.7 Å². The number of hydrogen-bond donors (Lipinski definition) is 1. The number of hydrazone groups is 1. The number of rotatable bonds is 4. The van der Waals surface area contributed by atoms with Gasteiger partial charge in [-0.2, -0.15) is 9.78 Å². The highest BCUT2D eigenvalue weighted by Gasteiger charge is 2.15. The van der Waals surface area contributed by atoms with Crippen LogP contribution in [0.5, 0.6) is 0 Å². The zero-order valence-corrected chi connectivity index (χ0v) is 19.1. The minimum Gasteiger partial charge on any atom is -0.267 e. The van der Waals surface area contributed by atoms with Gasteiger partial charge in [-0.05, 0) is 61.9 Å². The topological polar surface area (TPSA) is 81.3 Å². The zero-order valence-electron chi connectivity index (χ0n) is 19.1. The van der Waals surface area contributed by atoms with E-state index in [0.29, 0.717) is 22.3 Å². The van der Waals surface area contributed by atoms with Gasteiger partial charge in [-0.15, -0.1) is 0 Å². The van der Waals surface area contributed by atoms with Crippen molar-refractivity contribution in [3.8, 4) is 0 Å². The Morgan fingerprint density at radius 3 is 2.47 bits per heavy atom. The van der Waals surface area contributed by atoms with Crippen molar-refractivity contribution in [2.45, 2.75) is 20.8 Å². The molecule has 0 aliphatic rings. The van der Waals surface area contributed by atoms with Gasteiger partial charge in [0.15, 0.2) is 0 Å². The third-order valence-corrected chi connectivity index (χ3v) is 5.93. The molecule has 5 rings (SSSR count). The molecular weight excluding hydrogens is 426 g/mol. The van der Waals surface area contributed by atoms with Crippen LogP contribution in [0.2, 0.25) is 0 Å². The van der Waals surface area contributed by atoms with Crippen molar-refractivity contribution in [2.75, 3.05) is 0 Å². The summed E-state index contributed by atoms with van der Waals surface area (Å²) in [6.07, 6.45) is 1.59. The van der Waals surface area contributed by atoms with Crippen molar-refractivity contribution >= 4 is 33.8 Å². The lowest BCUT2D eigenvalue weighted by molar-refractivity contribution is 0.0955. The number of nitrogens with zero attached hydrogens (tertiary/aromatic N) is 4. The van der Waals surface area contributed by atoms with E-state index >= 15 is 0 Å². The Morgan fingerprint density at radius 2 is 1.65 bits per heavy atom. The fourth-order valence-electron chi connectivity index (χ4n) is 4.24. The first-order chi connectivity index (χ1) is 16.4. The van der Waals surface area contributed by atoms with E-state index in [1.807, 2.05) is 86.1 Å². The highest BCUT2D eigenvalue weighted by atomic mass is 16.2. The first-order valence-corrected chi connectivity index (χ1v) is 10.9. The van der Waals surface area contributed by atoms with Crippen molar-refractivity contribution in [3.05, 3.63) is 111 Å². The van der Waals surface area contributed by atoms with Crippen molar-refractivity contribution in [1.82, 2.24) is 19.8 Å². The molecule has 168 valence electrons. The Labute approximate surface area is 196 Å². The SMILES string of the molecule is Cc1cc(C=NNC(=O)c2ccc3ccccc3c2)c(C)n1-n1c(C)nc2ccccc2c1=O. The monoisotopic (exact) mass is 449 g/mol. The second kappa shape index (κ2) is 8.44. The molecular formula is C27H23N5O2. The van der Waals surface area contributed by atoms with Crippen LogP contribution in [0.4, 0.5) is 0 Å². The molecule has 0 fully saturated rings. The molecule has 0 saturated carbocycles. The van der Waals surface area contributed by atoms with Crippen LogP contribution in [-0.2, 0) is 0 Å². The van der Waals surface area contributed by atoms with Gasteiger partial charge in [0.2, 0.25) is 0 Å². The normalized spacial score (nSPS) is 11.5. The third-order valence-electron chi connectivity index (χ3n) is 5.93. The quantitative estimate of drug-likeness (QED) is 0.327. The molecule has 0 bridgehead atoms. The minimum atomic E-state index is -0.290. The molecule has 0 aliphatic heterocycles. The Morgan fingerprint density at radius 1 is 0.912 bits per heavy atom. The number of aryl methyl sites for hydroxylation is 2. The van der Waals surface area contributed by atoms with E-state index in [4.69, 9.17) is 0 Å². The first-order valence-electron chi connectivity index (χ1n) is 10.9. The molecule has 34 heavy (non-hydrogen) atoms. The van der Waals surface area contributed by atoms with Gasteiger partial charge in [0, 0.05) is 22.5 Å². The summed E-state index contributed by atoms with van der Waals surface area (Å²) in [5, 5.41) is 6.78. The molecule has 2 heterocycles. The first kappa shape index (κ1) is 21.3. The molecule has 0 saturated heterocycles. The summed E-state index contributed by atoms with van der Waals surface area (Å²) in [6, 6.07) is 22.6. The van der Waals surface area contributed by atoms with Crippen LogP contribution < -0.4 is 11.0 Å². The van der Waals surface area contributed by atoms with Gasteiger partial charge in [-0.3, -0.25) is 14.3 Å². The zero-order chi connectivity index (χ0) is 23.8. The van der Waals surface area contributed by atoms with E-state index in [1.165, 1.54) is 0 Å². The van der Waals surface area contributed by atoms with Gasteiger partial charge < -0.3 is 0 Å². The number of para-hydroxylation sites is 1. The van der Waals surface area contributed by atoms with E-state index in [0.717, 1.165) is 27.7 Å². The number of carbonyl (C=O) groups excluding carboxylic acids is 1. The number of nitrogens with one attached hydrogen (secondary N) is 1. The Hall–Kier alpha value is -4.52. The molecule has 3 aromatic carbocycles. The largest absolute Gasteiger partial charge is 0.280 e. The summed E-state index contributed by atoms with van der Waals surface area (Å²) in [5.41, 5.74) is 6.10. The second-order valence-corrected chi connectivity index (χ2v) is 8.19. The number of carbonyl (C=O) groups is 1. The summed E-state index contributed by atoms with van der Waals surface area (Å²) in [5.74, 6) is 0.292. The van der Waals surface area contributed by atoms with Crippen LogP contribution in [0.15, 0.2) is 82.7 Å². The number of hydrogen-bond acceptors (Lipinski definition) is 4. The lowest BCUT2D eigenvalue weighted by Crippen LogP contribution is -2.30. The molecule has 5 aromatic rings. The standard InChI is InChI=1S/C27H23N5O2/c1-17-14-23(16-28-30-26(33)22-13-12-20-8-4-5-9-21(20)15-22)18(2)31(17)32-19(3)29-25-11-7-6-10-24(25)27(32)34/h4-16H,1-3H3,(H,30,33). The average molecular weight is 450 g/mol. The van der Waals surface area contributed by atoms with Crippen molar-refractivity contribution < 1.29 is 4.79 Å². The lowest BCUT2D eigenvalue weighted by Gasteiger charge is -2.16. The number of fused-ring (bicyclic) bond motifs is 2. The second-order valence-electron chi connectivity index (χ2n) is 8.19. The van der Waals surface area contributed by atoms with Crippen molar-refractivity contribution in [3.63, 3.8) is 0 Å². The van der Waals surface area contributed by atoms with Gasteiger partial charge in [0.25, 0.3) is 11.5 Å². The Balaban J connectivity index is 1.44. The van der Waals surface area contributed by atoms with E-state index in [9.17, 15) is 9.59 Å². The molecule has 0 unspecified atom stereocenters.